The predicted molar refractivity (Wildman–Crippen MR) is 57.2 cm³/mol. The Morgan fingerprint density at radius 3 is 2.86 bits per heavy atom. The van der Waals surface area contributed by atoms with Crippen LogP contribution in [0.4, 0.5) is 0 Å². The summed E-state index contributed by atoms with van der Waals surface area (Å²) in [4.78, 5) is 10.7. The van der Waals surface area contributed by atoms with Crippen molar-refractivity contribution in [1.29, 1.82) is 0 Å². The van der Waals surface area contributed by atoms with Crippen LogP contribution in [-0.2, 0) is 0 Å². The molecule has 0 aromatic heterocycles. The minimum absolute atomic E-state index is 0.0635. The smallest absolute Gasteiger partial charge is 0.153 e. The average Bonchev–Trinajstić information content (AvgIpc) is 2.20. The molecule has 3 heteroatoms. The average molecular weight is 213 g/mol. The van der Waals surface area contributed by atoms with E-state index in [1.807, 2.05) is 13.8 Å². The summed E-state index contributed by atoms with van der Waals surface area (Å²) in [6.07, 6.45) is 1.70. The van der Waals surface area contributed by atoms with Crippen LogP contribution in [0.5, 0.6) is 5.75 Å². The molecule has 1 unspecified atom stereocenters. The van der Waals surface area contributed by atoms with Crippen molar-refractivity contribution in [3.05, 3.63) is 28.8 Å². The van der Waals surface area contributed by atoms with Crippen molar-refractivity contribution in [2.24, 2.45) is 0 Å². The van der Waals surface area contributed by atoms with E-state index >= 15 is 0 Å². The maximum Gasteiger partial charge on any atom is 0.153 e. The molecule has 0 bridgehead atoms. The second-order valence-corrected chi connectivity index (χ2v) is 3.52. The fourth-order valence-corrected chi connectivity index (χ4v) is 1.25. The highest BCUT2D eigenvalue weighted by molar-refractivity contribution is 6.32. The van der Waals surface area contributed by atoms with Gasteiger partial charge in [-0.2, -0.15) is 0 Å². The first-order valence-electron chi connectivity index (χ1n) is 4.59. The molecule has 0 heterocycles. The summed E-state index contributed by atoms with van der Waals surface area (Å²) in [5.41, 5.74) is 0.498. The molecule has 0 aliphatic heterocycles. The zero-order chi connectivity index (χ0) is 10.6. The van der Waals surface area contributed by atoms with E-state index in [0.29, 0.717) is 16.3 Å². The number of ether oxygens (including phenoxy) is 1. The Bertz CT molecular complexity index is 323. The SMILES string of the molecule is CCC(C)Oc1c(Cl)cccc1C=O. The third-order valence-electron chi connectivity index (χ3n) is 2.02. The number of carbonyl (C=O) groups excluding carboxylic acids is 1. The number of aldehydes is 1. The van der Waals surface area contributed by atoms with Gasteiger partial charge in [0, 0.05) is 0 Å². The number of hydrogen-bond acceptors (Lipinski definition) is 2. The Kier molecular flexibility index (Phi) is 3.96. The summed E-state index contributed by atoms with van der Waals surface area (Å²) in [5, 5.41) is 0.481. The molecule has 2 nitrogen and oxygen atoms in total. The third-order valence-corrected chi connectivity index (χ3v) is 2.32. The molecule has 1 rings (SSSR count). The van der Waals surface area contributed by atoms with Crippen LogP contribution in [0.3, 0.4) is 0 Å². The third kappa shape index (κ3) is 2.48. The van der Waals surface area contributed by atoms with Gasteiger partial charge in [0.05, 0.1) is 16.7 Å². The summed E-state index contributed by atoms with van der Waals surface area (Å²) < 4.78 is 5.55. The van der Waals surface area contributed by atoms with Crippen molar-refractivity contribution < 1.29 is 9.53 Å². The van der Waals surface area contributed by atoms with Crippen LogP contribution in [0.2, 0.25) is 5.02 Å². The highest BCUT2D eigenvalue weighted by Crippen LogP contribution is 2.28. The topological polar surface area (TPSA) is 26.3 Å². The quantitative estimate of drug-likeness (QED) is 0.716. The summed E-state index contributed by atoms with van der Waals surface area (Å²) >= 11 is 5.93. The maximum absolute atomic E-state index is 10.7. The van der Waals surface area contributed by atoms with Crippen LogP contribution in [0.15, 0.2) is 18.2 Å². The zero-order valence-corrected chi connectivity index (χ0v) is 9.04. The zero-order valence-electron chi connectivity index (χ0n) is 8.29. The molecule has 0 N–H and O–H groups in total. The van der Waals surface area contributed by atoms with E-state index in [0.717, 1.165) is 12.7 Å². The van der Waals surface area contributed by atoms with Crippen LogP contribution in [0.1, 0.15) is 30.6 Å². The minimum atomic E-state index is 0.0635. The lowest BCUT2D eigenvalue weighted by molar-refractivity contribution is 0.111. The first kappa shape index (κ1) is 11.1. The van der Waals surface area contributed by atoms with E-state index in [9.17, 15) is 4.79 Å². The molecule has 0 amide bonds. The lowest BCUT2D eigenvalue weighted by atomic mass is 10.2. The lowest BCUT2D eigenvalue weighted by Crippen LogP contribution is -2.11. The first-order valence-corrected chi connectivity index (χ1v) is 4.97. The van der Waals surface area contributed by atoms with Gasteiger partial charge in [-0.15, -0.1) is 0 Å². The number of rotatable bonds is 4. The highest BCUT2D eigenvalue weighted by atomic mass is 35.5. The first-order chi connectivity index (χ1) is 6.69. The largest absolute Gasteiger partial charge is 0.488 e. The molecule has 1 aromatic rings. The standard InChI is InChI=1S/C11H13ClO2/c1-3-8(2)14-11-9(7-13)5-4-6-10(11)12/h4-8H,3H2,1-2H3. The molecule has 0 aliphatic rings. The molecule has 0 saturated heterocycles. The van der Waals surface area contributed by atoms with Crippen molar-refractivity contribution >= 4 is 17.9 Å². The van der Waals surface area contributed by atoms with Gasteiger partial charge in [0.1, 0.15) is 5.75 Å². The minimum Gasteiger partial charge on any atom is -0.488 e. The van der Waals surface area contributed by atoms with Crippen molar-refractivity contribution in [3.8, 4) is 5.75 Å². The maximum atomic E-state index is 10.7. The van der Waals surface area contributed by atoms with E-state index in [-0.39, 0.29) is 6.10 Å². The van der Waals surface area contributed by atoms with Crippen LogP contribution < -0.4 is 4.74 Å². The van der Waals surface area contributed by atoms with E-state index < -0.39 is 0 Å². The van der Waals surface area contributed by atoms with Gasteiger partial charge >= 0.3 is 0 Å². The molecular weight excluding hydrogens is 200 g/mol. The van der Waals surface area contributed by atoms with Gasteiger partial charge in [-0.1, -0.05) is 24.6 Å². The normalized spacial score (nSPS) is 12.2. The summed E-state index contributed by atoms with van der Waals surface area (Å²) in [5.74, 6) is 0.485. The number of carbonyl (C=O) groups is 1. The van der Waals surface area contributed by atoms with Gasteiger partial charge in [-0.25, -0.2) is 0 Å². The summed E-state index contributed by atoms with van der Waals surface area (Å²) in [6, 6.07) is 5.14. The van der Waals surface area contributed by atoms with Crippen molar-refractivity contribution in [2.45, 2.75) is 26.4 Å². The van der Waals surface area contributed by atoms with E-state index in [1.54, 1.807) is 18.2 Å². The van der Waals surface area contributed by atoms with Gasteiger partial charge in [0.2, 0.25) is 0 Å². The second kappa shape index (κ2) is 5.01. The number of halogens is 1. The van der Waals surface area contributed by atoms with Crippen molar-refractivity contribution in [2.75, 3.05) is 0 Å². The molecule has 1 aromatic carbocycles. The van der Waals surface area contributed by atoms with Crippen LogP contribution in [0, 0.1) is 0 Å². The fraction of sp³-hybridized carbons (Fsp3) is 0.364. The number of benzene rings is 1. The Labute approximate surface area is 88.8 Å². The van der Waals surface area contributed by atoms with Gasteiger partial charge < -0.3 is 4.74 Å². The van der Waals surface area contributed by atoms with Gasteiger partial charge in [0.25, 0.3) is 0 Å². The monoisotopic (exact) mass is 212 g/mol. The molecule has 0 radical (unpaired) electrons. The Balaban J connectivity index is 2.98. The van der Waals surface area contributed by atoms with E-state index in [2.05, 4.69) is 0 Å². The van der Waals surface area contributed by atoms with E-state index in [1.165, 1.54) is 0 Å². The van der Waals surface area contributed by atoms with Crippen LogP contribution in [-0.4, -0.2) is 12.4 Å². The second-order valence-electron chi connectivity index (χ2n) is 3.11. The Morgan fingerprint density at radius 1 is 1.57 bits per heavy atom. The van der Waals surface area contributed by atoms with Crippen LogP contribution in [0.25, 0.3) is 0 Å². The van der Waals surface area contributed by atoms with Crippen molar-refractivity contribution in [1.82, 2.24) is 0 Å². The molecule has 0 saturated carbocycles. The van der Waals surface area contributed by atoms with Gasteiger partial charge in [-0.05, 0) is 25.5 Å². The van der Waals surface area contributed by atoms with Gasteiger partial charge in [0.15, 0.2) is 6.29 Å². The van der Waals surface area contributed by atoms with Crippen LogP contribution >= 0.6 is 11.6 Å². The summed E-state index contributed by atoms with van der Waals surface area (Å²) in [7, 11) is 0. The molecule has 14 heavy (non-hydrogen) atoms. The fourth-order valence-electron chi connectivity index (χ4n) is 1.03. The highest BCUT2D eigenvalue weighted by Gasteiger charge is 2.10. The molecule has 0 fully saturated rings. The molecule has 76 valence electrons. The lowest BCUT2D eigenvalue weighted by Gasteiger charge is -2.15. The molecule has 1 atom stereocenters. The van der Waals surface area contributed by atoms with E-state index in [4.69, 9.17) is 16.3 Å². The van der Waals surface area contributed by atoms with Crippen molar-refractivity contribution in [3.63, 3.8) is 0 Å². The predicted octanol–water partition coefficient (Wildman–Crippen LogP) is 3.33. The summed E-state index contributed by atoms with van der Waals surface area (Å²) in [6.45, 7) is 3.96. The number of para-hydroxylation sites is 1. The Hall–Kier alpha value is -1.02. The van der Waals surface area contributed by atoms with Gasteiger partial charge in [-0.3, -0.25) is 4.79 Å². The molecule has 0 aliphatic carbocycles. The number of hydrogen-bond donors (Lipinski definition) is 0. The molecule has 0 spiro atoms. The molecular formula is C11H13ClO2. The Morgan fingerprint density at radius 2 is 2.29 bits per heavy atom.